The van der Waals surface area contributed by atoms with Gasteiger partial charge in [-0.15, -0.1) is 0 Å². The Labute approximate surface area is 108 Å². The molecule has 98 valence electrons. The van der Waals surface area contributed by atoms with Crippen molar-refractivity contribution in [3.63, 3.8) is 0 Å². The van der Waals surface area contributed by atoms with Crippen molar-refractivity contribution in [1.82, 2.24) is 14.7 Å². The molecule has 0 bridgehead atoms. The fourth-order valence-corrected chi connectivity index (χ4v) is 2.27. The molecule has 0 saturated heterocycles. The third kappa shape index (κ3) is 3.69. The van der Waals surface area contributed by atoms with E-state index in [-0.39, 0.29) is 0 Å². The summed E-state index contributed by atoms with van der Waals surface area (Å²) in [5.74, 6) is 0. The van der Waals surface area contributed by atoms with Crippen molar-refractivity contribution < 1.29 is 5.11 Å². The first-order valence-corrected chi connectivity index (χ1v) is 6.44. The maximum Gasteiger partial charge on any atom is 0.0850 e. The van der Waals surface area contributed by atoms with Crippen molar-refractivity contribution in [3.05, 3.63) is 16.4 Å². The van der Waals surface area contributed by atoms with Crippen molar-refractivity contribution in [2.24, 2.45) is 0 Å². The number of aliphatic hydroxyl groups excluding tert-OH is 1. The van der Waals surface area contributed by atoms with E-state index in [2.05, 4.69) is 5.10 Å². The summed E-state index contributed by atoms with van der Waals surface area (Å²) in [5.41, 5.74) is 1.86. The normalized spacial score (nSPS) is 13.4. The van der Waals surface area contributed by atoms with Crippen LogP contribution in [-0.4, -0.2) is 46.5 Å². The Balaban J connectivity index is 2.85. The Hall–Kier alpha value is -0.580. The van der Waals surface area contributed by atoms with Gasteiger partial charge in [-0.25, -0.2) is 0 Å². The number of hydrogen-bond donors (Lipinski definition) is 1. The third-order valence-electron chi connectivity index (χ3n) is 2.70. The molecular formula is C12H22ClN3O. The molecule has 1 N–H and O–H groups in total. The van der Waals surface area contributed by atoms with Crippen LogP contribution >= 0.6 is 11.6 Å². The Morgan fingerprint density at radius 2 is 2.06 bits per heavy atom. The maximum atomic E-state index is 9.96. The fourth-order valence-electron chi connectivity index (χ4n) is 1.92. The van der Waals surface area contributed by atoms with Crippen LogP contribution in [0.2, 0.25) is 5.02 Å². The highest BCUT2D eigenvalue weighted by Gasteiger charge is 2.17. The van der Waals surface area contributed by atoms with E-state index in [1.54, 1.807) is 0 Å². The van der Waals surface area contributed by atoms with Crippen LogP contribution in [0.4, 0.5) is 0 Å². The molecule has 1 atom stereocenters. The molecule has 1 rings (SSSR count). The lowest BCUT2D eigenvalue weighted by Crippen LogP contribution is -2.28. The summed E-state index contributed by atoms with van der Waals surface area (Å²) in [6.45, 7) is 5.48. The van der Waals surface area contributed by atoms with Gasteiger partial charge in [-0.05, 0) is 27.4 Å². The van der Waals surface area contributed by atoms with Gasteiger partial charge in [0.05, 0.1) is 22.5 Å². The first kappa shape index (κ1) is 14.5. The van der Waals surface area contributed by atoms with Crippen LogP contribution in [0.1, 0.15) is 25.2 Å². The summed E-state index contributed by atoms with van der Waals surface area (Å²) in [4.78, 5) is 1.96. The number of rotatable bonds is 6. The summed E-state index contributed by atoms with van der Waals surface area (Å²) in [7, 11) is 3.89. The van der Waals surface area contributed by atoms with Crippen LogP contribution in [0.5, 0.6) is 0 Å². The molecule has 1 unspecified atom stereocenters. The lowest BCUT2D eigenvalue weighted by atomic mass is 10.1. The molecule has 0 spiro atoms. The topological polar surface area (TPSA) is 41.3 Å². The average molecular weight is 260 g/mol. The molecule has 0 radical (unpaired) electrons. The van der Waals surface area contributed by atoms with Gasteiger partial charge in [0.1, 0.15) is 0 Å². The van der Waals surface area contributed by atoms with Gasteiger partial charge in [-0.3, -0.25) is 4.68 Å². The molecule has 1 heterocycles. The van der Waals surface area contributed by atoms with Gasteiger partial charge in [0.15, 0.2) is 0 Å². The molecule has 17 heavy (non-hydrogen) atoms. The van der Waals surface area contributed by atoms with Crippen molar-refractivity contribution in [1.29, 1.82) is 0 Å². The highest BCUT2D eigenvalue weighted by Crippen LogP contribution is 2.22. The molecular weight excluding hydrogens is 238 g/mol. The molecule has 0 aliphatic carbocycles. The summed E-state index contributed by atoms with van der Waals surface area (Å²) >= 11 is 6.28. The standard InChI is InChI=1S/C12H22ClN3O/c1-5-10-12(13)11(16(6-2)14-10)7-9(17)8-15(3)4/h9,17H,5-8H2,1-4H3. The van der Waals surface area contributed by atoms with E-state index in [0.29, 0.717) is 18.0 Å². The van der Waals surface area contributed by atoms with Gasteiger partial charge in [0.2, 0.25) is 0 Å². The zero-order valence-corrected chi connectivity index (χ0v) is 11.8. The summed E-state index contributed by atoms with van der Waals surface area (Å²) in [6.07, 6.45) is 0.967. The molecule has 5 heteroatoms. The van der Waals surface area contributed by atoms with Crippen LogP contribution in [-0.2, 0) is 19.4 Å². The molecule has 4 nitrogen and oxygen atoms in total. The second kappa shape index (κ2) is 6.38. The Morgan fingerprint density at radius 1 is 1.41 bits per heavy atom. The van der Waals surface area contributed by atoms with Crippen molar-refractivity contribution in [2.75, 3.05) is 20.6 Å². The lowest BCUT2D eigenvalue weighted by molar-refractivity contribution is 0.135. The number of aromatic nitrogens is 2. The van der Waals surface area contributed by atoms with Crippen molar-refractivity contribution in [3.8, 4) is 0 Å². The summed E-state index contributed by atoms with van der Waals surface area (Å²) in [5, 5.41) is 15.1. The second-order valence-corrected chi connectivity index (χ2v) is 4.87. The van der Waals surface area contributed by atoms with E-state index in [4.69, 9.17) is 11.6 Å². The van der Waals surface area contributed by atoms with Crippen LogP contribution in [0.15, 0.2) is 0 Å². The zero-order valence-electron chi connectivity index (χ0n) is 11.1. The number of hydrogen-bond acceptors (Lipinski definition) is 3. The number of aryl methyl sites for hydroxylation is 2. The van der Waals surface area contributed by atoms with Crippen LogP contribution in [0.3, 0.4) is 0 Å². The zero-order chi connectivity index (χ0) is 13.0. The van der Waals surface area contributed by atoms with Gasteiger partial charge in [0.25, 0.3) is 0 Å². The third-order valence-corrected chi connectivity index (χ3v) is 3.14. The largest absolute Gasteiger partial charge is 0.391 e. The molecule has 0 aromatic carbocycles. The maximum absolute atomic E-state index is 9.96. The first-order valence-electron chi connectivity index (χ1n) is 6.06. The van der Waals surface area contributed by atoms with E-state index in [9.17, 15) is 5.11 Å². The van der Waals surface area contributed by atoms with Gasteiger partial charge in [-0.2, -0.15) is 5.10 Å². The highest BCUT2D eigenvalue weighted by molar-refractivity contribution is 6.31. The molecule has 1 aromatic rings. The van der Waals surface area contributed by atoms with Crippen molar-refractivity contribution >= 4 is 11.6 Å². The number of halogens is 1. The molecule has 0 aliphatic heterocycles. The molecule has 1 aromatic heterocycles. The van der Waals surface area contributed by atoms with Gasteiger partial charge >= 0.3 is 0 Å². The van der Waals surface area contributed by atoms with E-state index < -0.39 is 6.10 Å². The number of aliphatic hydroxyl groups is 1. The van der Waals surface area contributed by atoms with E-state index in [1.165, 1.54) is 0 Å². The molecule has 0 amide bonds. The van der Waals surface area contributed by atoms with E-state index in [1.807, 2.05) is 37.5 Å². The Bertz CT molecular complexity index is 363. The quantitative estimate of drug-likeness (QED) is 0.844. The Kier molecular flexibility index (Phi) is 5.43. The van der Waals surface area contributed by atoms with Gasteiger partial charge < -0.3 is 10.0 Å². The van der Waals surface area contributed by atoms with Gasteiger partial charge in [0, 0.05) is 19.5 Å². The van der Waals surface area contributed by atoms with E-state index >= 15 is 0 Å². The fraction of sp³-hybridized carbons (Fsp3) is 0.750. The van der Waals surface area contributed by atoms with Crippen molar-refractivity contribution in [2.45, 2.75) is 39.3 Å². The SMILES string of the molecule is CCc1nn(CC)c(CC(O)CN(C)C)c1Cl. The molecule has 0 fully saturated rings. The van der Waals surface area contributed by atoms with Crippen LogP contribution in [0.25, 0.3) is 0 Å². The monoisotopic (exact) mass is 259 g/mol. The van der Waals surface area contributed by atoms with Gasteiger partial charge in [-0.1, -0.05) is 18.5 Å². The number of likely N-dealkylation sites (N-methyl/N-ethyl adjacent to an activating group) is 1. The minimum absolute atomic E-state index is 0.408. The molecule has 0 aliphatic rings. The highest BCUT2D eigenvalue weighted by atomic mass is 35.5. The minimum Gasteiger partial charge on any atom is -0.391 e. The summed E-state index contributed by atoms with van der Waals surface area (Å²) < 4.78 is 1.89. The minimum atomic E-state index is -0.408. The predicted molar refractivity (Wildman–Crippen MR) is 70.6 cm³/mol. The Morgan fingerprint density at radius 3 is 2.53 bits per heavy atom. The van der Waals surface area contributed by atoms with Crippen LogP contribution < -0.4 is 0 Å². The van der Waals surface area contributed by atoms with Crippen LogP contribution in [0, 0.1) is 0 Å². The number of nitrogens with zero attached hydrogens (tertiary/aromatic N) is 3. The smallest absolute Gasteiger partial charge is 0.0850 e. The second-order valence-electron chi connectivity index (χ2n) is 4.50. The first-order chi connectivity index (χ1) is 7.99. The average Bonchev–Trinajstić information content (AvgIpc) is 2.55. The molecule has 0 saturated carbocycles. The lowest BCUT2D eigenvalue weighted by Gasteiger charge is -2.16. The van der Waals surface area contributed by atoms with E-state index in [0.717, 1.165) is 24.4 Å². The summed E-state index contributed by atoms with van der Waals surface area (Å²) in [6, 6.07) is 0. The predicted octanol–water partition coefficient (Wildman–Crippen LogP) is 1.58.